The van der Waals surface area contributed by atoms with Crippen LogP contribution < -0.4 is 25.2 Å². The fraction of sp³-hybridized carbons (Fsp3) is 0.317. The smallest absolute Gasteiger partial charge is 0.330 e. The number of hydrogen-bond acceptors (Lipinski definition) is 13. The molecular formula is C41H44N5O12P. The molecule has 1 aliphatic rings. The molecular weight excluding hydrogens is 785 g/mol. The third-order valence-electron chi connectivity index (χ3n) is 9.99. The zero-order valence-electron chi connectivity index (χ0n) is 33.0. The number of aromatic amines is 1. The van der Waals surface area contributed by atoms with Gasteiger partial charge in [0.2, 0.25) is 5.75 Å². The van der Waals surface area contributed by atoms with E-state index in [-0.39, 0.29) is 24.3 Å². The molecule has 0 radical (unpaired) electrons. The predicted octanol–water partition coefficient (Wildman–Crippen LogP) is 7.01. The Morgan fingerprint density at radius 3 is 2.00 bits per heavy atom. The van der Waals surface area contributed by atoms with Gasteiger partial charge < -0.3 is 28.0 Å². The lowest BCUT2D eigenvalue weighted by atomic mass is 9.80. The number of non-ortho nitro benzene ring substituents is 1. The summed E-state index contributed by atoms with van der Waals surface area (Å²) in [6, 6.07) is 27.8. The minimum Gasteiger partial charge on any atom is -0.497 e. The Kier molecular flexibility index (Phi) is 13.5. The average Bonchev–Trinajstić information content (AvgIpc) is 3.65. The Hall–Kier alpha value is -5.97. The Bertz CT molecular complexity index is 2310. The number of nitro benzene ring substituents is 2. The third kappa shape index (κ3) is 9.19. The van der Waals surface area contributed by atoms with Crippen LogP contribution in [0.4, 0.5) is 11.4 Å². The summed E-state index contributed by atoms with van der Waals surface area (Å²) in [5, 5.41) is 23.6. The van der Waals surface area contributed by atoms with E-state index in [9.17, 15) is 29.8 Å². The van der Waals surface area contributed by atoms with Crippen molar-refractivity contribution >= 4 is 19.9 Å². The second-order valence-electron chi connectivity index (χ2n) is 13.4. The predicted molar refractivity (Wildman–Crippen MR) is 218 cm³/mol. The summed E-state index contributed by atoms with van der Waals surface area (Å²) in [6.07, 6.45) is -1.20. The number of nitrogens with one attached hydrogen (secondary N) is 1. The summed E-state index contributed by atoms with van der Waals surface area (Å²) in [6.45, 7) is 6.00. The first-order chi connectivity index (χ1) is 28.4. The maximum Gasteiger partial charge on any atom is 0.330 e. The fourth-order valence-electron chi connectivity index (χ4n) is 6.85. The van der Waals surface area contributed by atoms with Crippen molar-refractivity contribution in [3.63, 3.8) is 0 Å². The highest BCUT2D eigenvalue weighted by molar-refractivity contribution is 7.45. The van der Waals surface area contributed by atoms with Gasteiger partial charge in [0.15, 0.2) is 0 Å². The first-order valence-electron chi connectivity index (χ1n) is 18.7. The van der Waals surface area contributed by atoms with E-state index >= 15 is 0 Å². The minimum atomic E-state index is -2.14. The second-order valence-corrected chi connectivity index (χ2v) is 14.9. The summed E-state index contributed by atoms with van der Waals surface area (Å²) in [7, 11) is 1.02. The standard InChI is InChI=1S/C41H44N5O12P/c1-6-43(7-2)59(57-35-22-17-31(45(49)50)23-34(35)46(51)52)58-36-24-38(44-25-27(3)39(47)42-40(44)48)56-37(36)26-55-41(28-11-9-8-10-12-28,29-13-18-32(53-4)19-14-29)30-15-20-33(54-5)21-16-30/h8-23,25,36-38H,6-7,24,26H2,1-5H3,(H,42,47,48)/t36-,37+,38+,59?/m0/s1. The monoisotopic (exact) mass is 829 g/mol. The van der Waals surface area contributed by atoms with Gasteiger partial charge >= 0.3 is 19.9 Å². The van der Waals surface area contributed by atoms with E-state index in [2.05, 4.69) is 4.98 Å². The summed E-state index contributed by atoms with van der Waals surface area (Å²) in [5.41, 5.74) is -0.973. The summed E-state index contributed by atoms with van der Waals surface area (Å²) in [4.78, 5) is 50.0. The number of aryl methyl sites for hydroxylation is 1. The van der Waals surface area contributed by atoms with Crippen LogP contribution in [0.15, 0.2) is 113 Å². The number of hydrogen-bond donors (Lipinski definition) is 1. The normalized spacial score (nSPS) is 17.1. The van der Waals surface area contributed by atoms with Crippen molar-refractivity contribution in [2.75, 3.05) is 33.9 Å². The molecule has 1 fully saturated rings. The Labute approximate surface area is 340 Å². The topological polar surface area (TPSA) is 200 Å². The van der Waals surface area contributed by atoms with Crippen molar-refractivity contribution in [3.05, 3.63) is 167 Å². The van der Waals surface area contributed by atoms with Crippen molar-refractivity contribution in [1.29, 1.82) is 0 Å². The number of rotatable bonds is 18. The molecule has 5 aromatic rings. The number of nitrogens with zero attached hydrogens (tertiary/aromatic N) is 4. The van der Waals surface area contributed by atoms with Crippen LogP contribution in [-0.2, 0) is 19.6 Å². The first-order valence-corrected chi connectivity index (χ1v) is 19.8. The highest BCUT2D eigenvalue weighted by Gasteiger charge is 2.45. The molecule has 1 aliphatic heterocycles. The molecule has 1 N–H and O–H groups in total. The zero-order chi connectivity index (χ0) is 42.3. The molecule has 4 aromatic carbocycles. The first kappa shape index (κ1) is 42.6. The Balaban J connectivity index is 1.44. The van der Waals surface area contributed by atoms with Gasteiger partial charge in [-0.3, -0.25) is 34.6 Å². The van der Waals surface area contributed by atoms with Gasteiger partial charge in [-0.2, -0.15) is 0 Å². The molecule has 0 spiro atoms. The molecule has 0 aliphatic carbocycles. The zero-order valence-corrected chi connectivity index (χ0v) is 33.9. The van der Waals surface area contributed by atoms with Crippen LogP contribution >= 0.6 is 8.53 Å². The highest BCUT2D eigenvalue weighted by Crippen LogP contribution is 2.50. The van der Waals surface area contributed by atoms with Crippen LogP contribution in [0, 0.1) is 27.2 Å². The molecule has 0 bridgehead atoms. The van der Waals surface area contributed by atoms with Gasteiger partial charge in [-0.15, -0.1) is 0 Å². The van der Waals surface area contributed by atoms with Crippen LogP contribution in [0.25, 0.3) is 0 Å². The maximum atomic E-state index is 13.2. The number of ether oxygens (including phenoxy) is 4. The van der Waals surface area contributed by atoms with Crippen molar-refractivity contribution in [2.24, 2.45) is 0 Å². The summed E-state index contributed by atoms with van der Waals surface area (Å²) in [5.74, 6) is 1.05. The van der Waals surface area contributed by atoms with Crippen LogP contribution in [-0.4, -0.2) is 70.2 Å². The van der Waals surface area contributed by atoms with Crippen molar-refractivity contribution < 1.29 is 37.8 Å². The summed E-state index contributed by atoms with van der Waals surface area (Å²) < 4.78 is 40.9. The quantitative estimate of drug-likeness (QED) is 0.0410. The molecule has 2 heterocycles. The second kappa shape index (κ2) is 18.7. The highest BCUT2D eigenvalue weighted by atomic mass is 31.2. The molecule has 1 saturated heterocycles. The molecule has 0 saturated carbocycles. The van der Waals surface area contributed by atoms with Gasteiger partial charge in [0.1, 0.15) is 29.4 Å². The van der Waals surface area contributed by atoms with E-state index in [0.717, 1.165) is 28.8 Å². The van der Waals surface area contributed by atoms with Crippen molar-refractivity contribution in [3.8, 4) is 17.2 Å². The lowest BCUT2D eigenvalue weighted by Crippen LogP contribution is -2.39. The number of methoxy groups -OCH3 is 2. The molecule has 1 unspecified atom stereocenters. The largest absolute Gasteiger partial charge is 0.497 e. The van der Waals surface area contributed by atoms with Gasteiger partial charge in [0, 0.05) is 37.3 Å². The third-order valence-corrected chi connectivity index (χ3v) is 11.8. The number of aromatic nitrogens is 2. The van der Waals surface area contributed by atoms with E-state index < -0.39 is 65.0 Å². The van der Waals surface area contributed by atoms with Crippen LogP contribution in [0.1, 0.15) is 48.8 Å². The van der Waals surface area contributed by atoms with Crippen LogP contribution in [0.3, 0.4) is 0 Å². The number of H-pyrrole nitrogens is 1. The fourth-order valence-corrected chi connectivity index (χ4v) is 8.38. The van der Waals surface area contributed by atoms with Gasteiger partial charge in [0.05, 0.1) is 42.8 Å². The van der Waals surface area contributed by atoms with E-state index in [1.165, 1.54) is 16.8 Å². The lowest BCUT2D eigenvalue weighted by Gasteiger charge is -2.37. The van der Waals surface area contributed by atoms with Crippen molar-refractivity contribution in [1.82, 2.24) is 14.2 Å². The van der Waals surface area contributed by atoms with E-state index in [1.54, 1.807) is 21.1 Å². The summed E-state index contributed by atoms with van der Waals surface area (Å²) >= 11 is 0. The van der Waals surface area contributed by atoms with Gasteiger partial charge in [0.25, 0.3) is 11.2 Å². The Morgan fingerprint density at radius 2 is 1.46 bits per heavy atom. The molecule has 4 atom stereocenters. The van der Waals surface area contributed by atoms with Crippen molar-refractivity contribution in [2.45, 2.75) is 51.2 Å². The van der Waals surface area contributed by atoms with E-state index in [0.29, 0.717) is 24.6 Å². The Morgan fingerprint density at radius 1 is 0.864 bits per heavy atom. The molecule has 0 amide bonds. The van der Waals surface area contributed by atoms with Crippen LogP contribution in [0.2, 0.25) is 0 Å². The molecule has 17 nitrogen and oxygen atoms in total. The number of nitro groups is 2. The van der Waals surface area contributed by atoms with Gasteiger partial charge in [-0.25, -0.2) is 9.46 Å². The SMILES string of the molecule is CCN(CC)P(Oc1ccc([N+](=O)[O-])cc1[N+](=O)[O-])O[C@H]1C[C@H](n2cc(C)c(=O)[nH]c2=O)O[C@@H]1COC(c1ccccc1)(c1ccc(OC)cc1)c1ccc(OC)cc1. The number of benzene rings is 4. The molecule has 310 valence electrons. The van der Waals surface area contributed by atoms with Crippen LogP contribution in [0.5, 0.6) is 17.2 Å². The molecule has 6 rings (SSSR count). The average molecular weight is 830 g/mol. The van der Waals surface area contributed by atoms with E-state index in [1.807, 2.05) is 97.4 Å². The molecule has 1 aromatic heterocycles. The maximum absolute atomic E-state index is 13.2. The molecule has 59 heavy (non-hydrogen) atoms. The van der Waals surface area contributed by atoms with Gasteiger partial charge in [-0.05, 0) is 53.9 Å². The van der Waals surface area contributed by atoms with E-state index in [4.69, 9.17) is 28.0 Å². The van der Waals surface area contributed by atoms with Gasteiger partial charge in [-0.1, -0.05) is 68.4 Å². The lowest BCUT2D eigenvalue weighted by molar-refractivity contribution is -0.394. The minimum absolute atomic E-state index is 0.0780. The molecule has 18 heteroatoms.